The molecule has 2 heterocycles. The normalized spacial score (nSPS) is 28.9. The number of nitrogens with zero attached hydrogens (tertiary/aromatic N) is 2. The van der Waals surface area contributed by atoms with Crippen LogP contribution in [-0.2, 0) is 9.53 Å². The average molecular weight is 339 g/mol. The summed E-state index contributed by atoms with van der Waals surface area (Å²) in [6.45, 7) is 2.68. The highest BCUT2D eigenvalue weighted by Crippen LogP contribution is 2.31. The summed E-state index contributed by atoms with van der Waals surface area (Å²) >= 11 is 0. The predicted octanol–water partition coefficient (Wildman–Crippen LogP) is 1.16. The minimum absolute atomic E-state index is 0.144. The Morgan fingerprint density at radius 2 is 2.04 bits per heavy atom. The van der Waals surface area contributed by atoms with E-state index in [2.05, 4.69) is 10.2 Å². The zero-order valence-corrected chi connectivity index (χ0v) is 14.0. The molecule has 2 saturated heterocycles. The molecule has 1 amide bonds. The van der Waals surface area contributed by atoms with Crippen molar-refractivity contribution in [3.63, 3.8) is 0 Å². The van der Waals surface area contributed by atoms with Crippen molar-refractivity contribution >= 4 is 5.91 Å². The highest BCUT2D eigenvalue weighted by Gasteiger charge is 2.36. The summed E-state index contributed by atoms with van der Waals surface area (Å²) < 4.78 is 32.3. The van der Waals surface area contributed by atoms with E-state index in [1.807, 2.05) is 19.0 Å². The van der Waals surface area contributed by atoms with E-state index in [1.54, 1.807) is 6.07 Å². The molecule has 2 aliphatic rings. The van der Waals surface area contributed by atoms with Gasteiger partial charge in [0.25, 0.3) is 5.91 Å². The van der Waals surface area contributed by atoms with Crippen LogP contribution in [0.15, 0.2) is 18.2 Å². The Balaban J connectivity index is 1.72. The SMILES string of the molecule is CN1CCO[C@H](C(=O)N[C@@H]2CCN(C)[C@@H]2c2ccc(F)c(F)c2)C1. The lowest BCUT2D eigenvalue weighted by atomic mass is 9.99. The van der Waals surface area contributed by atoms with Gasteiger partial charge in [0.1, 0.15) is 6.10 Å². The van der Waals surface area contributed by atoms with Gasteiger partial charge < -0.3 is 15.0 Å². The van der Waals surface area contributed by atoms with Gasteiger partial charge in [-0.05, 0) is 38.2 Å². The van der Waals surface area contributed by atoms with Crippen LogP contribution in [0.2, 0.25) is 0 Å². The molecule has 2 aliphatic heterocycles. The summed E-state index contributed by atoms with van der Waals surface area (Å²) in [6.07, 6.45) is 0.273. The fourth-order valence-electron chi connectivity index (χ4n) is 3.49. The number of carbonyl (C=O) groups is 1. The van der Waals surface area contributed by atoms with Crippen molar-refractivity contribution in [2.24, 2.45) is 0 Å². The zero-order valence-electron chi connectivity index (χ0n) is 14.0. The summed E-state index contributed by atoms with van der Waals surface area (Å²) in [5, 5.41) is 3.03. The number of hydrogen-bond donors (Lipinski definition) is 1. The number of carbonyl (C=O) groups excluding carboxylic acids is 1. The molecule has 1 aromatic carbocycles. The van der Waals surface area contributed by atoms with E-state index in [1.165, 1.54) is 6.07 Å². The Labute approximate surface area is 140 Å². The van der Waals surface area contributed by atoms with Crippen molar-refractivity contribution in [1.29, 1.82) is 0 Å². The summed E-state index contributed by atoms with van der Waals surface area (Å²) in [6, 6.07) is 3.60. The molecule has 0 spiro atoms. The Kier molecular flexibility index (Phi) is 5.12. The molecule has 132 valence electrons. The lowest BCUT2D eigenvalue weighted by Crippen LogP contribution is -2.51. The largest absolute Gasteiger partial charge is 0.366 e. The first kappa shape index (κ1) is 17.3. The highest BCUT2D eigenvalue weighted by molar-refractivity contribution is 5.81. The number of likely N-dealkylation sites (N-methyl/N-ethyl adjacent to an activating group) is 2. The molecular weight excluding hydrogens is 316 g/mol. The fraction of sp³-hybridized carbons (Fsp3) is 0.588. The number of amides is 1. The number of morpholine rings is 1. The molecule has 0 radical (unpaired) electrons. The van der Waals surface area contributed by atoms with Crippen LogP contribution in [0.1, 0.15) is 18.0 Å². The summed E-state index contributed by atoms with van der Waals surface area (Å²) in [4.78, 5) is 16.6. The number of hydrogen-bond acceptors (Lipinski definition) is 4. The van der Waals surface area contributed by atoms with Crippen molar-refractivity contribution in [2.75, 3.05) is 40.3 Å². The van der Waals surface area contributed by atoms with E-state index in [4.69, 9.17) is 4.74 Å². The van der Waals surface area contributed by atoms with Crippen LogP contribution in [-0.4, -0.2) is 68.2 Å². The second kappa shape index (κ2) is 7.13. The maximum atomic E-state index is 13.6. The minimum Gasteiger partial charge on any atom is -0.366 e. The molecule has 5 nitrogen and oxygen atoms in total. The van der Waals surface area contributed by atoms with E-state index >= 15 is 0 Å². The number of likely N-dealkylation sites (tertiary alicyclic amines) is 1. The lowest BCUT2D eigenvalue weighted by molar-refractivity contribution is -0.138. The third-order valence-electron chi connectivity index (χ3n) is 4.82. The maximum absolute atomic E-state index is 13.6. The molecule has 0 aromatic heterocycles. The summed E-state index contributed by atoms with van der Waals surface area (Å²) in [5.74, 6) is -1.87. The maximum Gasteiger partial charge on any atom is 0.250 e. The Hall–Kier alpha value is -1.57. The fourth-order valence-corrected chi connectivity index (χ4v) is 3.49. The summed E-state index contributed by atoms with van der Waals surface area (Å²) in [5.41, 5.74) is 0.667. The van der Waals surface area contributed by atoms with Crippen molar-refractivity contribution in [3.05, 3.63) is 35.4 Å². The van der Waals surface area contributed by atoms with Gasteiger partial charge >= 0.3 is 0 Å². The molecule has 0 unspecified atom stereocenters. The third kappa shape index (κ3) is 3.58. The predicted molar refractivity (Wildman–Crippen MR) is 85.5 cm³/mol. The smallest absolute Gasteiger partial charge is 0.250 e. The minimum atomic E-state index is -0.866. The van der Waals surface area contributed by atoms with Crippen LogP contribution in [0.3, 0.4) is 0 Å². The van der Waals surface area contributed by atoms with Gasteiger partial charge in [-0.2, -0.15) is 0 Å². The third-order valence-corrected chi connectivity index (χ3v) is 4.82. The van der Waals surface area contributed by atoms with E-state index in [0.717, 1.165) is 25.6 Å². The van der Waals surface area contributed by atoms with Gasteiger partial charge in [0.05, 0.1) is 12.6 Å². The second-order valence-electron chi connectivity index (χ2n) is 6.62. The average Bonchev–Trinajstić information content (AvgIpc) is 2.90. The van der Waals surface area contributed by atoms with Gasteiger partial charge in [0.15, 0.2) is 11.6 Å². The number of rotatable bonds is 3. The van der Waals surface area contributed by atoms with Crippen molar-refractivity contribution < 1.29 is 18.3 Å². The van der Waals surface area contributed by atoms with Gasteiger partial charge in [-0.25, -0.2) is 8.78 Å². The van der Waals surface area contributed by atoms with Crippen LogP contribution in [0.5, 0.6) is 0 Å². The first-order chi connectivity index (χ1) is 11.5. The summed E-state index contributed by atoms with van der Waals surface area (Å²) in [7, 11) is 3.87. The van der Waals surface area contributed by atoms with Crippen LogP contribution in [0, 0.1) is 11.6 Å². The number of benzene rings is 1. The van der Waals surface area contributed by atoms with Crippen LogP contribution < -0.4 is 5.32 Å². The lowest BCUT2D eigenvalue weighted by Gasteiger charge is -2.31. The van der Waals surface area contributed by atoms with Gasteiger partial charge in [0, 0.05) is 25.7 Å². The molecule has 7 heteroatoms. The molecule has 3 atom stereocenters. The molecule has 2 fully saturated rings. The van der Waals surface area contributed by atoms with E-state index in [-0.39, 0.29) is 18.0 Å². The van der Waals surface area contributed by atoms with Crippen LogP contribution in [0.25, 0.3) is 0 Å². The van der Waals surface area contributed by atoms with Crippen molar-refractivity contribution in [2.45, 2.75) is 24.6 Å². The molecular formula is C17H23F2N3O2. The second-order valence-corrected chi connectivity index (χ2v) is 6.62. The number of ether oxygens (including phenoxy) is 1. The first-order valence-corrected chi connectivity index (χ1v) is 8.21. The molecule has 3 rings (SSSR count). The molecule has 1 N–H and O–H groups in total. The standard InChI is InChI=1S/C17H23F2N3O2/c1-21-7-8-24-15(10-21)17(23)20-14-5-6-22(2)16(14)11-3-4-12(18)13(19)9-11/h3-4,9,14-16H,5-8,10H2,1-2H3,(H,20,23)/t14-,15+,16-/m1/s1. The van der Waals surface area contributed by atoms with Gasteiger partial charge in [0.2, 0.25) is 0 Å². The van der Waals surface area contributed by atoms with E-state index < -0.39 is 17.7 Å². The molecule has 0 bridgehead atoms. The van der Waals surface area contributed by atoms with Gasteiger partial charge in [-0.3, -0.25) is 9.69 Å². The Morgan fingerprint density at radius 3 is 2.75 bits per heavy atom. The molecule has 24 heavy (non-hydrogen) atoms. The molecule has 1 aromatic rings. The van der Waals surface area contributed by atoms with E-state index in [9.17, 15) is 13.6 Å². The molecule has 0 aliphatic carbocycles. The van der Waals surface area contributed by atoms with Crippen molar-refractivity contribution in [3.8, 4) is 0 Å². The van der Waals surface area contributed by atoms with Gasteiger partial charge in [-0.1, -0.05) is 6.07 Å². The number of nitrogens with one attached hydrogen (secondary N) is 1. The van der Waals surface area contributed by atoms with E-state index in [0.29, 0.717) is 18.7 Å². The van der Waals surface area contributed by atoms with Crippen LogP contribution in [0.4, 0.5) is 8.78 Å². The monoisotopic (exact) mass is 339 g/mol. The number of halogens is 2. The van der Waals surface area contributed by atoms with Gasteiger partial charge in [-0.15, -0.1) is 0 Å². The first-order valence-electron chi connectivity index (χ1n) is 8.21. The quantitative estimate of drug-likeness (QED) is 0.898. The highest BCUT2D eigenvalue weighted by atomic mass is 19.2. The van der Waals surface area contributed by atoms with Crippen molar-refractivity contribution in [1.82, 2.24) is 15.1 Å². The topological polar surface area (TPSA) is 44.8 Å². The van der Waals surface area contributed by atoms with Crippen LogP contribution >= 0.6 is 0 Å². The Bertz CT molecular complexity index is 613. The molecule has 0 saturated carbocycles. The Morgan fingerprint density at radius 1 is 1.25 bits per heavy atom. The zero-order chi connectivity index (χ0) is 17.3.